The van der Waals surface area contributed by atoms with Crippen molar-refractivity contribution in [2.24, 2.45) is 11.7 Å². The lowest BCUT2D eigenvalue weighted by Crippen LogP contribution is -2.45. The molecule has 2 unspecified atom stereocenters. The van der Waals surface area contributed by atoms with Crippen molar-refractivity contribution in [1.29, 1.82) is 0 Å². The molecule has 1 aliphatic heterocycles. The molecular weight excluding hydrogens is 274 g/mol. The average Bonchev–Trinajstić information content (AvgIpc) is 2.40. The largest absolute Gasteiger partial charge is 0.328 e. The second-order valence-corrected chi connectivity index (χ2v) is 5.41. The summed E-state index contributed by atoms with van der Waals surface area (Å²) in [7, 11) is 0. The van der Waals surface area contributed by atoms with Crippen LogP contribution in [-0.4, -0.2) is 36.5 Å². The SMILES string of the molecule is CC(N)C1CCCN(CC(=O)Nc2ccccc2)C1.Cl. The molecule has 0 aromatic heterocycles. The molecule has 0 aliphatic carbocycles. The number of halogens is 1. The third-order valence-corrected chi connectivity index (χ3v) is 3.71. The van der Waals surface area contributed by atoms with Crippen LogP contribution in [0.25, 0.3) is 0 Å². The summed E-state index contributed by atoms with van der Waals surface area (Å²) >= 11 is 0. The van der Waals surface area contributed by atoms with Gasteiger partial charge >= 0.3 is 0 Å². The van der Waals surface area contributed by atoms with Gasteiger partial charge in [-0.2, -0.15) is 0 Å². The van der Waals surface area contributed by atoms with Crippen LogP contribution >= 0.6 is 12.4 Å². The number of hydrogen-bond acceptors (Lipinski definition) is 3. The molecule has 1 aromatic carbocycles. The molecule has 1 saturated heterocycles. The molecule has 2 atom stereocenters. The van der Waals surface area contributed by atoms with Gasteiger partial charge in [0.15, 0.2) is 0 Å². The summed E-state index contributed by atoms with van der Waals surface area (Å²) < 4.78 is 0. The van der Waals surface area contributed by atoms with E-state index in [2.05, 4.69) is 17.1 Å². The van der Waals surface area contributed by atoms with Crippen molar-refractivity contribution >= 4 is 24.0 Å². The normalized spacial score (nSPS) is 20.8. The standard InChI is InChI=1S/C15H23N3O.ClH/c1-12(16)13-6-5-9-18(10-13)11-15(19)17-14-7-3-2-4-8-14;/h2-4,7-8,12-13H,5-6,9-11,16H2,1H3,(H,17,19);1H. The monoisotopic (exact) mass is 297 g/mol. The van der Waals surface area contributed by atoms with Gasteiger partial charge < -0.3 is 11.1 Å². The highest BCUT2D eigenvalue weighted by molar-refractivity contribution is 5.92. The van der Waals surface area contributed by atoms with E-state index in [0.717, 1.165) is 25.2 Å². The van der Waals surface area contributed by atoms with Crippen LogP contribution < -0.4 is 11.1 Å². The number of nitrogens with one attached hydrogen (secondary N) is 1. The van der Waals surface area contributed by atoms with Gasteiger partial charge in [0.2, 0.25) is 5.91 Å². The molecular formula is C15H24ClN3O. The second kappa shape index (κ2) is 8.25. The highest BCUT2D eigenvalue weighted by atomic mass is 35.5. The highest BCUT2D eigenvalue weighted by Gasteiger charge is 2.23. The first-order valence-corrected chi connectivity index (χ1v) is 6.98. The summed E-state index contributed by atoms with van der Waals surface area (Å²) in [4.78, 5) is 14.2. The van der Waals surface area contributed by atoms with E-state index in [9.17, 15) is 4.79 Å². The Morgan fingerprint density at radius 2 is 2.15 bits per heavy atom. The summed E-state index contributed by atoms with van der Waals surface area (Å²) in [6, 6.07) is 9.79. The smallest absolute Gasteiger partial charge is 0.238 e. The quantitative estimate of drug-likeness (QED) is 0.895. The molecule has 0 radical (unpaired) electrons. The van der Waals surface area contributed by atoms with E-state index in [0.29, 0.717) is 12.5 Å². The highest BCUT2D eigenvalue weighted by Crippen LogP contribution is 2.18. The lowest BCUT2D eigenvalue weighted by atomic mass is 9.92. The molecule has 0 saturated carbocycles. The Labute approximate surface area is 127 Å². The number of nitrogens with zero attached hydrogens (tertiary/aromatic N) is 1. The molecule has 20 heavy (non-hydrogen) atoms. The summed E-state index contributed by atoms with van der Waals surface area (Å²) in [5, 5.41) is 2.92. The van der Waals surface area contributed by atoms with Crippen LogP contribution in [0, 0.1) is 5.92 Å². The van der Waals surface area contributed by atoms with Crippen molar-refractivity contribution in [2.75, 3.05) is 25.0 Å². The summed E-state index contributed by atoms with van der Waals surface area (Å²) in [6.07, 6.45) is 2.30. The lowest BCUT2D eigenvalue weighted by molar-refractivity contribution is -0.117. The predicted molar refractivity (Wildman–Crippen MR) is 85.1 cm³/mol. The van der Waals surface area contributed by atoms with Gasteiger partial charge in [0.1, 0.15) is 0 Å². The van der Waals surface area contributed by atoms with Crippen molar-refractivity contribution in [3.05, 3.63) is 30.3 Å². The number of nitrogens with two attached hydrogens (primary N) is 1. The number of hydrogen-bond donors (Lipinski definition) is 2. The number of carbonyl (C=O) groups excluding carboxylic acids is 1. The fourth-order valence-corrected chi connectivity index (χ4v) is 2.59. The fourth-order valence-electron chi connectivity index (χ4n) is 2.59. The van der Waals surface area contributed by atoms with E-state index in [4.69, 9.17) is 5.73 Å². The van der Waals surface area contributed by atoms with Crippen LogP contribution in [0.2, 0.25) is 0 Å². The molecule has 4 nitrogen and oxygen atoms in total. The van der Waals surface area contributed by atoms with E-state index in [1.54, 1.807) is 0 Å². The molecule has 1 heterocycles. The minimum absolute atomic E-state index is 0. The Morgan fingerprint density at radius 3 is 2.80 bits per heavy atom. The van der Waals surface area contributed by atoms with Crippen molar-refractivity contribution in [1.82, 2.24) is 4.90 Å². The van der Waals surface area contributed by atoms with Gasteiger partial charge in [0.05, 0.1) is 6.54 Å². The number of likely N-dealkylation sites (tertiary alicyclic amines) is 1. The van der Waals surface area contributed by atoms with Crippen LogP contribution in [0.4, 0.5) is 5.69 Å². The van der Waals surface area contributed by atoms with E-state index < -0.39 is 0 Å². The maximum Gasteiger partial charge on any atom is 0.238 e. The topological polar surface area (TPSA) is 58.4 Å². The zero-order valence-corrected chi connectivity index (χ0v) is 12.7. The van der Waals surface area contributed by atoms with Crippen LogP contribution in [0.5, 0.6) is 0 Å². The average molecular weight is 298 g/mol. The molecule has 3 N–H and O–H groups in total. The zero-order chi connectivity index (χ0) is 13.7. The maximum absolute atomic E-state index is 12.0. The Kier molecular flexibility index (Phi) is 6.99. The van der Waals surface area contributed by atoms with Gasteiger partial charge in [-0.3, -0.25) is 9.69 Å². The van der Waals surface area contributed by atoms with E-state index >= 15 is 0 Å². The summed E-state index contributed by atoms with van der Waals surface area (Å²) in [6.45, 7) is 4.43. The minimum Gasteiger partial charge on any atom is -0.328 e. The molecule has 1 aliphatic rings. The van der Waals surface area contributed by atoms with Crippen molar-refractivity contribution in [3.8, 4) is 0 Å². The van der Waals surface area contributed by atoms with Crippen LogP contribution in [0.15, 0.2) is 30.3 Å². The minimum atomic E-state index is 0. The third kappa shape index (κ3) is 5.12. The van der Waals surface area contributed by atoms with Crippen LogP contribution in [0.1, 0.15) is 19.8 Å². The number of anilines is 1. The number of piperidine rings is 1. The first-order chi connectivity index (χ1) is 9.15. The lowest BCUT2D eigenvalue weighted by Gasteiger charge is -2.34. The molecule has 1 aromatic rings. The van der Waals surface area contributed by atoms with E-state index in [1.165, 1.54) is 6.42 Å². The number of para-hydroxylation sites is 1. The zero-order valence-electron chi connectivity index (χ0n) is 11.9. The molecule has 0 spiro atoms. The van der Waals surface area contributed by atoms with E-state index in [-0.39, 0.29) is 24.4 Å². The van der Waals surface area contributed by atoms with Gasteiger partial charge in [-0.1, -0.05) is 18.2 Å². The molecule has 0 bridgehead atoms. The Balaban J connectivity index is 0.00000200. The fraction of sp³-hybridized carbons (Fsp3) is 0.533. The van der Waals surface area contributed by atoms with Gasteiger partial charge in [-0.15, -0.1) is 12.4 Å². The number of rotatable bonds is 4. The molecule has 112 valence electrons. The Morgan fingerprint density at radius 1 is 1.45 bits per heavy atom. The van der Waals surface area contributed by atoms with Crippen LogP contribution in [0.3, 0.4) is 0 Å². The van der Waals surface area contributed by atoms with Gasteiger partial charge in [0.25, 0.3) is 0 Å². The van der Waals surface area contributed by atoms with E-state index in [1.807, 2.05) is 30.3 Å². The predicted octanol–water partition coefficient (Wildman–Crippen LogP) is 2.11. The second-order valence-electron chi connectivity index (χ2n) is 5.41. The van der Waals surface area contributed by atoms with Crippen molar-refractivity contribution < 1.29 is 4.79 Å². The molecule has 5 heteroatoms. The van der Waals surface area contributed by atoms with Gasteiger partial charge in [-0.05, 0) is 44.4 Å². The van der Waals surface area contributed by atoms with Crippen molar-refractivity contribution in [3.63, 3.8) is 0 Å². The first kappa shape index (κ1) is 17.0. The van der Waals surface area contributed by atoms with Crippen LogP contribution in [-0.2, 0) is 4.79 Å². The van der Waals surface area contributed by atoms with Gasteiger partial charge in [-0.25, -0.2) is 0 Å². The number of carbonyl (C=O) groups is 1. The molecule has 1 fully saturated rings. The number of benzene rings is 1. The van der Waals surface area contributed by atoms with Crippen molar-refractivity contribution in [2.45, 2.75) is 25.8 Å². The molecule has 1 amide bonds. The van der Waals surface area contributed by atoms with Gasteiger partial charge in [0, 0.05) is 18.3 Å². The number of amides is 1. The third-order valence-electron chi connectivity index (χ3n) is 3.71. The molecule has 2 rings (SSSR count). The summed E-state index contributed by atoms with van der Waals surface area (Å²) in [5.74, 6) is 0.565. The summed E-state index contributed by atoms with van der Waals surface area (Å²) in [5.41, 5.74) is 6.81. The Bertz CT molecular complexity index is 411. The Hall–Kier alpha value is -1.10. The first-order valence-electron chi connectivity index (χ1n) is 6.98. The maximum atomic E-state index is 12.0.